The molecule has 2 unspecified atom stereocenters. The minimum absolute atomic E-state index is 0.0189. The lowest BCUT2D eigenvalue weighted by Crippen LogP contribution is -2.62. The standard InChI is InChI=1S/C25H24ClFN4O6S2/c1-38(34,35)29-16-8-9-17-18(11-16)39(36,37)30-24(28-17)20-22(32)19-13-2-3-14(10-13)21(19)31(25(20)33)23(26)12-4-6-15(27)7-5-12/h4-9,11,13-14,19-21,23,29H,2-3,10H2,1H3,(H,28,30)/t13-,14+,19-,20?,21+,23?/m1/s1. The minimum atomic E-state index is -4.40. The van der Waals surface area contributed by atoms with E-state index in [-0.39, 0.29) is 33.9 Å². The largest absolute Gasteiger partial charge is 0.341 e. The van der Waals surface area contributed by atoms with Crippen LogP contribution in [0.15, 0.2) is 51.8 Å². The molecule has 2 saturated carbocycles. The molecule has 0 aromatic heterocycles. The molecule has 3 fully saturated rings. The van der Waals surface area contributed by atoms with E-state index in [1.807, 2.05) is 0 Å². The SMILES string of the molecule is CS(=O)(=O)Nc1ccc2c(c1)S(=O)(=O)N=C(C1C(=O)[C@@H]3[C@@H]4CC[C@@H](C4)[C@@H]3N(C(Cl)c3ccc(F)cc3)C1=O)N2. The van der Waals surface area contributed by atoms with Gasteiger partial charge in [-0.2, -0.15) is 8.42 Å². The summed E-state index contributed by atoms with van der Waals surface area (Å²) in [5.74, 6) is -3.77. The number of Topliss-reactive ketones (excluding diaryl/α,β-unsaturated/α-hetero) is 1. The van der Waals surface area contributed by atoms with Crippen molar-refractivity contribution >= 4 is 60.5 Å². The maximum Gasteiger partial charge on any atom is 0.286 e. The quantitative estimate of drug-likeness (QED) is 0.308. The molecular formula is C25H24ClFN4O6S2. The first-order valence-electron chi connectivity index (χ1n) is 12.3. The first-order chi connectivity index (χ1) is 18.3. The number of benzene rings is 2. The summed E-state index contributed by atoms with van der Waals surface area (Å²) in [6.07, 6.45) is 3.38. The number of piperidine rings is 1. The minimum Gasteiger partial charge on any atom is -0.341 e. The number of hydrogen-bond donors (Lipinski definition) is 2. The van der Waals surface area contributed by atoms with Crippen LogP contribution in [0.1, 0.15) is 30.3 Å². The van der Waals surface area contributed by atoms with Gasteiger partial charge in [-0.15, -0.1) is 4.40 Å². The molecule has 0 spiro atoms. The number of amidine groups is 1. The fourth-order valence-electron chi connectivity index (χ4n) is 6.55. The molecule has 0 radical (unpaired) electrons. The highest BCUT2D eigenvalue weighted by Crippen LogP contribution is 2.55. The highest BCUT2D eigenvalue weighted by Gasteiger charge is 2.62. The topological polar surface area (TPSA) is 142 Å². The first kappa shape index (κ1) is 26.2. The van der Waals surface area contributed by atoms with Crippen molar-refractivity contribution in [1.82, 2.24) is 4.90 Å². The Labute approximate surface area is 229 Å². The van der Waals surface area contributed by atoms with Crippen molar-refractivity contribution in [3.63, 3.8) is 0 Å². The number of carbonyl (C=O) groups excluding carboxylic acids is 2. The number of amides is 1. The summed E-state index contributed by atoms with van der Waals surface area (Å²) >= 11 is 6.83. The van der Waals surface area contributed by atoms with E-state index in [4.69, 9.17) is 11.6 Å². The average molecular weight is 595 g/mol. The number of nitrogens with zero attached hydrogens (tertiary/aromatic N) is 2. The molecule has 2 aliphatic heterocycles. The van der Waals surface area contributed by atoms with Gasteiger partial charge in [0, 0.05) is 17.6 Å². The Morgan fingerprint density at radius 2 is 1.82 bits per heavy atom. The molecule has 206 valence electrons. The van der Waals surface area contributed by atoms with Crippen LogP contribution in [0.4, 0.5) is 15.8 Å². The fourth-order valence-corrected chi connectivity index (χ4v) is 8.66. The van der Waals surface area contributed by atoms with Gasteiger partial charge in [-0.1, -0.05) is 23.7 Å². The monoisotopic (exact) mass is 594 g/mol. The van der Waals surface area contributed by atoms with Crippen LogP contribution in [0.25, 0.3) is 0 Å². The zero-order chi connectivity index (χ0) is 27.9. The van der Waals surface area contributed by atoms with E-state index in [0.29, 0.717) is 5.56 Å². The molecule has 1 saturated heterocycles. The van der Waals surface area contributed by atoms with Gasteiger partial charge in [0.05, 0.1) is 11.9 Å². The van der Waals surface area contributed by atoms with Crippen molar-refractivity contribution in [2.24, 2.45) is 28.1 Å². The molecule has 2 aromatic rings. The third-order valence-corrected chi connectivity index (χ3v) is 10.4. The van der Waals surface area contributed by atoms with Crippen LogP contribution < -0.4 is 10.0 Å². The van der Waals surface area contributed by atoms with E-state index in [9.17, 15) is 30.8 Å². The van der Waals surface area contributed by atoms with Gasteiger partial charge in [-0.3, -0.25) is 14.3 Å². The fraction of sp³-hybridized carbons (Fsp3) is 0.400. The number of hydrogen-bond acceptors (Lipinski definition) is 7. The molecule has 14 heteroatoms. The number of carbonyl (C=O) groups is 2. The first-order valence-corrected chi connectivity index (χ1v) is 16.1. The average Bonchev–Trinajstić information content (AvgIpc) is 3.46. The van der Waals surface area contributed by atoms with Crippen LogP contribution >= 0.6 is 11.6 Å². The number of ketones is 1. The van der Waals surface area contributed by atoms with Crippen molar-refractivity contribution in [3.8, 4) is 0 Å². The molecule has 6 atom stereocenters. The molecule has 2 aliphatic carbocycles. The summed E-state index contributed by atoms with van der Waals surface area (Å²) in [7, 11) is -8.06. The lowest BCUT2D eigenvalue weighted by Gasteiger charge is -2.47. The predicted octanol–water partition coefficient (Wildman–Crippen LogP) is 3.09. The highest BCUT2D eigenvalue weighted by atomic mass is 35.5. The van der Waals surface area contributed by atoms with Crippen molar-refractivity contribution < 1.29 is 30.8 Å². The maximum absolute atomic E-state index is 14.0. The van der Waals surface area contributed by atoms with Crippen molar-refractivity contribution in [2.45, 2.75) is 35.7 Å². The third-order valence-electron chi connectivity index (χ3n) is 8.01. The van der Waals surface area contributed by atoms with Gasteiger partial charge < -0.3 is 10.2 Å². The maximum atomic E-state index is 14.0. The Morgan fingerprint density at radius 3 is 2.51 bits per heavy atom. The van der Waals surface area contributed by atoms with Gasteiger partial charge in [0.15, 0.2) is 11.7 Å². The molecule has 6 rings (SSSR count). The van der Waals surface area contributed by atoms with E-state index >= 15 is 0 Å². The summed E-state index contributed by atoms with van der Waals surface area (Å²) in [6.45, 7) is 0. The van der Waals surface area contributed by atoms with Gasteiger partial charge in [-0.05, 0) is 67.0 Å². The summed E-state index contributed by atoms with van der Waals surface area (Å²) in [5.41, 5.74) is -0.450. The summed E-state index contributed by atoms with van der Waals surface area (Å²) in [5, 5.41) is 2.84. The van der Waals surface area contributed by atoms with Crippen LogP contribution in [0.3, 0.4) is 0 Å². The second kappa shape index (κ2) is 9.00. The van der Waals surface area contributed by atoms with E-state index in [2.05, 4.69) is 14.4 Å². The Kier molecular flexibility index (Phi) is 6.05. The molecule has 4 aliphatic rings. The van der Waals surface area contributed by atoms with Gasteiger partial charge in [0.25, 0.3) is 10.0 Å². The number of fused-ring (bicyclic) bond motifs is 6. The third kappa shape index (κ3) is 4.40. The molecule has 2 heterocycles. The number of rotatable bonds is 5. The lowest BCUT2D eigenvalue weighted by molar-refractivity contribution is -0.153. The molecule has 39 heavy (non-hydrogen) atoms. The van der Waals surface area contributed by atoms with Crippen molar-refractivity contribution in [1.29, 1.82) is 0 Å². The zero-order valence-corrected chi connectivity index (χ0v) is 22.9. The van der Waals surface area contributed by atoms with Gasteiger partial charge >= 0.3 is 0 Å². The van der Waals surface area contributed by atoms with Crippen molar-refractivity contribution in [3.05, 3.63) is 53.8 Å². The Balaban J connectivity index is 1.40. The summed E-state index contributed by atoms with van der Waals surface area (Å²) < 4.78 is 69.2. The molecule has 10 nitrogen and oxygen atoms in total. The second-order valence-corrected chi connectivity index (χ2v) is 14.2. The van der Waals surface area contributed by atoms with Crippen molar-refractivity contribution in [2.75, 3.05) is 16.3 Å². The Bertz CT molecular complexity index is 1650. The van der Waals surface area contributed by atoms with Crippen LogP contribution in [0.2, 0.25) is 0 Å². The van der Waals surface area contributed by atoms with E-state index in [0.717, 1.165) is 31.6 Å². The van der Waals surface area contributed by atoms with Gasteiger partial charge in [0.2, 0.25) is 15.9 Å². The van der Waals surface area contributed by atoms with Crippen LogP contribution in [0, 0.1) is 29.5 Å². The van der Waals surface area contributed by atoms with Gasteiger partial charge in [-0.25, -0.2) is 12.8 Å². The number of halogens is 2. The molecular weight excluding hydrogens is 571 g/mol. The van der Waals surface area contributed by atoms with E-state index < -0.39 is 60.9 Å². The predicted molar refractivity (Wildman–Crippen MR) is 142 cm³/mol. The number of anilines is 2. The number of sulfonamides is 2. The van der Waals surface area contributed by atoms with Crippen LogP contribution in [-0.4, -0.2) is 51.6 Å². The van der Waals surface area contributed by atoms with E-state index in [1.54, 1.807) is 0 Å². The number of nitrogens with one attached hydrogen (secondary N) is 2. The summed E-state index contributed by atoms with van der Waals surface area (Å²) in [4.78, 5) is 29.0. The Morgan fingerprint density at radius 1 is 1.13 bits per heavy atom. The number of alkyl halides is 1. The van der Waals surface area contributed by atoms with Gasteiger partial charge in [0.1, 0.15) is 22.0 Å². The zero-order valence-electron chi connectivity index (χ0n) is 20.5. The molecule has 2 aromatic carbocycles. The smallest absolute Gasteiger partial charge is 0.286 e. The molecule has 2 bridgehead atoms. The van der Waals surface area contributed by atoms with E-state index in [1.165, 1.54) is 41.3 Å². The van der Waals surface area contributed by atoms with Crippen LogP contribution in [-0.2, 0) is 29.6 Å². The number of likely N-dealkylation sites (tertiary alicyclic amines) is 1. The Hall–Kier alpha value is -3.03. The van der Waals surface area contributed by atoms with Crippen LogP contribution in [0.5, 0.6) is 0 Å². The summed E-state index contributed by atoms with van der Waals surface area (Å²) in [6, 6.07) is 8.81. The lowest BCUT2D eigenvalue weighted by atomic mass is 9.73. The highest BCUT2D eigenvalue weighted by molar-refractivity contribution is 7.92. The normalized spacial score (nSPS) is 29.8. The second-order valence-electron chi connectivity index (χ2n) is 10.5. The molecule has 2 N–H and O–H groups in total. The molecule has 1 amide bonds.